The highest BCUT2D eigenvalue weighted by Crippen LogP contribution is 2.15. The number of thioether (sulfide) groups is 1. The molecule has 0 aromatic carbocycles. The summed E-state index contributed by atoms with van der Waals surface area (Å²) in [5.41, 5.74) is 0. The van der Waals surface area contributed by atoms with E-state index in [4.69, 9.17) is 5.11 Å². The molecule has 2 N–H and O–H groups in total. The molecule has 8 heteroatoms. The van der Waals surface area contributed by atoms with E-state index in [-0.39, 0.29) is 17.4 Å². The van der Waals surface area contributed by atoms with Crippen LogP contribution >= 0.6 is 11.8 Å². The Labute approximate surface area is 94.6 Å². The summed E-state index contributed by atoms with van der Waals surface area (Å²) >= 11 is 1.00. The van der Waals surface area contributed by atoms with Gasteiger partial charge in [-0.1, -0.05) is 6.92 Å². The Morgan fingerprint density at radius 2 is 2.00 bits per heavy atom. The number of amides is 1. The quantitative estimate of drug-likeness (QED) is 0.753. The number of halogens is 3. The zero-order valence-corrected chi connectivity index (χ0v) is 9.32. The van der Waals surface area contributed by atoms with Crippen molar-refractivity contribution in [2.24, 2.45) is 0 Å². The maximum absolute atomic E-state index is 11.7. The third-order valence-corrected chi connectivity index (χ3v) is 2.61. The van der Waals surface area contributed by atoms with Crippen molar-refractivity contribution in [2.45, 2.75) is 24.8 Å². The van der Waals surface area contributed by atoms with Gasteiger partial charge >= 0.3 is 12.1 Å². The average Bonchev–Trinajstić information content (AvgIpc) is 2.09. The highest BCUT2D eigenvalue weighted by molar-refractivity contribution is 8.00. The lowest BCUT2D eigenvalue weighted by Gasteiger charge is -2.10. The number of rotatable bonds is 6. The zero-order chi connectivity index (χ0) is 12.8. The van der Waals surface area contributed by atoms with Crippen molar-refractivity contribution in [3.63, 3.8) is 0 Å². The number of carboxylic acids is 1. The first-order valence-corrected chi connectivity index (χ1v) is 5.42. The van der Waals surface area contributed by atoms with Gasteiger partial charge in [-0.25, -0.2) is 0 Å². The van der Waals surface area contributed by atoms with Crippen LogP contribution in [-0.4, -0.2) is 40.7 Å². The molecule has 0 spiro atoms. The normalized spacial score (nSPS) is 13.2. The van der Waals surface area contributed by atoms with Crippen LogP contribution in [0.5, 0.6) is 0 Å². The van der Waals surface area contributed by atoms with Gasteiger partial charge in [-0.05, 0) is 0 Å². The van der Waals surface area contributed by atoms with Crippen LogP contribution in [0.2, 0.25) is 0 Å². The van der Waals surface area contributed by atoms with Gasteiger partial charge in [-0.2, -0.15) is 13.2 Å². The van der Waals surface area contributed by atoms with Crippen molar-refractivity contribution >= 4 is 23.6 Å². The van der Waals surface area contributed by atoms with E-state index in [9.17, 15) is 22.8 Å². The molecule has 94 valence electrons. The molecule has 1 amide bonds. The summed E-state index contributed by atoms with van der Waals surface area (Å²) in [6, 6.07) is 0. The van der Waals surface area contributed by atoms with E-state index < -0.39 is 24.6 Å². The van der Waals surface area contributed by atoms with Gasteiger partial charge in [0, 0.05) is 5.25 Å². The number of carbonyl (C=O) groups is 2. The van der Waals surface area contributed by atoms with Crippen molar-refractivity contribution in [1.82, 2.24) is 5.32 Å². The van der Waals surface area contributed by atoms with Crippen LogP contribution in [-0.2, 0) is 9.59 Å². The van der Waals surface area contributed by atoms with E-state index in [1.165, 1.54) is 0 Å². The van der Waals surface area contributed by atoms with Crippen molar-refractivity contribution in [2.75, 3.05) is 12.3 Å². The number of aliphatic carboxylic acids is 1. The Balaban J connectivity index is 3.69. The van der Waals surface area contributed by atoms with Crippen LogP contribution in [0, 0.1) is 0 Å². The first-order chi connectivity index (χ1) is 7.20. The Morgan fingerprint density at radius 3 is 2.44 bits per heavy atom. The number of carbonyl (C=O) groups excluding carboxylic acids is 1. The smallest absolute Gasteiger partial charge is 0.405 e. The van der Waals surface area contributed by atoms with Gasteiger partial charge in [0.25, 0.3) is 0 Å². The fourth-order valence-electron chi connectivity index (χ4n) is 0.773. The minimum atomic E-state index is -4.42. The molecule has 0 bridgehead atoms. The lowest BCUT2D eigenvalue weighted by atomic mass is 10.3. The standard InChI is InChI=1S/C8H12F3NO3S/c1-5(2-7(14)15)16-3-6(13)12-4-8(9,10)11/h5H,2-4H2,1H3,(H,12,13)(H,14,15). The van der Waals surface area contributed by atoms with Crippen LogP contribution in [0.4, 0.5) is 13.2 Å². The molecule has 0 heterocycles. The molecule has 1 atom stereocenters. The summed E-state index contributed by atoms with van der Waals surface area (Å²) in [7, 11) is 0. The third kappa shape index (κ3) is 9.63. The van der Waals surface area contributed by atoms with Gasteiger partial charge in [0.05, 0.1) is 12.2 Å². The van der Waals surface area contributed by atoms with Gasteiger partial charge in [0.2, 0.25) is 5.91 Å². The summed E-state index contributed by atoms with van der Waals surface area (Å²) < 4.78 is 35.1. The Kier molecular flexibility index (Phi) is 6.24. The Bertz CT molecular complexity index is 257. The summed E-state index contributed by atoms with van der Waals surface area (Å²) in [5, 5.41) is 9.78. The molecule has 0 fully saturated rings. The fourth-order valence-corrected chi connectivity index (χ4v) is 1.57. The SMILES string of the molecule is CC(CC(=O)O)SCC(=O)NCC(F)(F)F. The van der Waals surface area contributed by atoms with E-state index in [1.54, 1.807) is 12.2 Å². The first-order valence-electron chi connectivity index (χ1n) is 4.37. The molecule has 0 saturated carbocycles. The highest BCUT2D eigenvalue weighted by atomic mass is 32.2. The molecular formula is C8H12F3NO3S. The van der Waals surface area contributed by atoms with Gasteiger partial charge in [-0.3, -0.25) is 9.59 Å². The van der Waals surface area contributed by atoms with Crippen molar-refractivity contribution in [1.29, 1.82) is 0 Å². The predicted octanol–water partition coefficient (Wildman–Crippen LogP) is 1.26. The number of carboxylic acid groups (broad SMARTS) is 1. The van der Waals surface area contributed by atoms with Crippen molar-refractivity contribution in [3.8, 4) is 0 Å². The van der Waals surface area contributed by atoms with Crippen molar-refractivity contribution < 1.29 is 27.9 Å². The third-order valence-electron chi connectivity index (χ3n) is 1.45. The van der Waals surface area contributed by atoms with Crippen LogP contribution in [0.3, 0.4) is 0 Å². The molecule has 4 nitrogen and oxygen atoms in total. The molecule has 0 aliphatic rings. The second-order valence-corrected chi connectivity index (χ2v) is 4.54. The number of hydrogen-bond acceptors (Lipinski definition) is 3. The van der Waals surface area contributed by atoms with Crippen LogP contribution in [0.25, 0.3) is 0 Å². The second kappa shape index (κ2) is 6.62. The Morgan fingerprint density at radius 1 is 1.44 bits per heavy atom. The molecule has 0 aliphatic carbocycles. The first kappa shape index (κ1) is 15.1. The van der Waals surface area contributed by atoms with Gasteiger partial charge in [0.15, 0.2) is 0 Å². The molecule has 1 unspecified atom stereocenters. The second-order valence-electron chi connectivity index (χ2n) is 3.11. The number of alkyl halides is 3. The minimum Gasteiger partial charge on any atom is -0.481 e. The molecule has 0 aliphatic heterocycles. The van der Waals surface area contributed by atoms with Gasteiger partial charge in [0.1, 0.15) is 6.54 Å². The monoisotopic (exact) mass is 259 g/mol. The lowest BCUT2D eigenvalue weighted by Crippen LogP contribution is -2.35. The fraction of sp³-hybridized carbons (Fsp3) is 0.750. The summed E-state index contributed by atoms with van der Waals surface area (Å²) in [6.45, 7) is 0.232. The van der Waals surface area contributed by atoms with Crippen LogP contribution in [0.1, 0.15) is 13.3 Å². The molecule has 0 radical (unpaired) electrons. The largest absolute Gasteiger partial charge is 0.481 e. The molecule has 0 aromatic rings. The Hall–Kier alpha value is -0.920. The summed E-state index contributed by atoms with van der Waals surface area (Å²) in [5.74, 6) is -1.93. The van der Waals surface area contributed by atoms with Crippen LogP contribution < -0.4 is 5.32 Å². The van der Waals surface area contributed by atoms with E-state index >= 15 is 0 Å². The molecular weight excluding hydrogens is 247 g/mol. The molecule has 0 aromatic heterocycles. The summed E-state index contributed by atoms with van der Waals surface area (Å²) in [6.07, 6.45) is -4.55. The predicted molar refractivity (Wildman–Crippen MR) is 53.2 cm³/mol. The zero-order valence-electron chi connectivity index (χ0n) is 8.50. The lowest BCUT2D eigenvalue weighted by molar-refractivity contribution is -0.137. The van der Waals surface area contributed by atoms with E-state index in [0.717, 1.165) is 11.8 Å². The van der Waals surface area contributed by atoms with Gasteiger partial charge in [-0.15, -0.1) is 11.8 Å². The highest BCUT2D eigenvalue weighted by Gasteiger charge is 2.27. The maximum Gasteiger partial charge on any atom is 0.405 e. The van der Waals surface area contributed by atoms with Crippen molar-refractivity contribution in [3.05, 3.63) is 0 Å². The average molecular weight is 259 g/mol. The number of nitrogens with one attached hydrogen (secondary N) is 1. The van der Waals surface area contributed by atoms with Crippen LogP contribution in [0.15, 0.2) is 0 Å². The maximum atomic E-state index is 11.7. The molecule has 0 rings (SSSR count). The molecule has 0 saturated heterocycles. The minimum absolute atomic E-state index is 0.128. The van der Waals surface area contributed by atoms with E-state index in [2.05, 4.69) is 0 Å². The van der Waals surface area contributed by atoms with E-state index in [1.807, 2.05) is 0 Å². The topological polar surface area (TPSA) is 66.4 Å². The van der Waals surface area contributed by atoms with Gasteiger partial charge < -0.3 is 10.4 Å². The molecule has 16 heavy (non-hydrogen) atoms. The summed E-state index contributed by atoms with van der Waals surface area (Å²) in [4.78, 5) is 21.1. The van der Waals surface area contributed by atoms with E-state index in [0.29, 0.717) is 0 Å². The number of hydrogen-bond donors (Lipinski definition) is 2.